The van der Waals surface area contributed by atoms with Crippen molar-refractivity contribution in [2.45, 2.75) is 62.7 Å². The van der Waals surface area contributed by atoms with Gasteiger partial charge in [0.05, 0.1) is 0 Å². The number of nitrogens with zero attached hydrogens (tertiary/aromatic N) is 1. The molecule has 4 saturated carbocycles. The Morgan fingerprint density at radius 2 is 1.41 bits per heavy atom. The maximum absolute atomic E-state index is 4.49. The topological polar surface area (TPSA) is 3.24 Å². The molecular formula is C28H37ClNPPd. The van der Waals surface area contributed by atoms with Crippen molar-refractivity contribution in [3.05, 3.63) is 54.6 Å². The number of halogens is 1. The van der Waals surface area contributed by atoms with Gasteiger partial charge in [0.2, 0.25) is 0 Å². The first-order chi connectivity index (χ1) is 15.7. The average Bonchev–Trinajstić information content (AvgIpc) is 3.64. The molecule has 3 unspecified atom stereocenters. The van der Waals surface area contributed by atoms with Gasteiger partial charge in [0.1, 0.15) is 0 Å². The molecule has 0 radical (unpaired) electrons. The summed E-state index contributed by atoms with van der Waals surface area (Å²) < 4.78 is 0. The van der Waals surface area contributed by atoms with Crippen molar-refractivity contribution in [3.8, 4) is 11.1 Å². The van der Waals surface area contributed by atoms with Gasteiger partial charge in [0.25, 0.3) is 0 Å². The van der Waals surface area contributed by atoms with E-state index in [-0.39, 0.29) is 0 Å². The third-order valence-corrected chi connectivity index (χ3v) is 10.6. The molecule has 176 valence electrons. The van der Waals surface area contributed by atoms with Crippen LogP contribution in [0, 0.1) is 29.7 Å². The van der Waals surface area contributed by atoms with Crippen molar-refractivity contribution in [3.63, 3.8) is 0 Å². The van der Waals surface area contributed by atoms with E-state index in [9.17, 15) is 0 Å². The molecule has 4 aliphatic rings. The minimum atomic E-state index is 1.14. The predicted octanol–water partition coefficient (Wildman–Crippen LogP) is 7.95. The van der Waals surface area contributed by atoms with Crippen molar-refractivity contribution in [1.82, 2.24) is 0 Å². The van der Waals surface area contributed by atoms with Gasteiger partial charge in [-0.15, -0.1) is 44.5 Å². The minimum absolute atomic E-state index is 1.14. The van der Waals surface area contributed by atoms with Gasteiger partial charge < -0.3 is 4.90 Å². The summed E-state index contributed by atoms with van der Waals surface area (Å²) in [6.07, 6.45) is 12.9. The van der Waals surface area contributed by atoms with Crippen LogP contribution in [0.25, 0.3) is 11.1 Å². The third kappa shape index (κ3) is 5.81. The Morgan fingerprint density at radius 3 is 1.88 bits per heavy atom. The van der Waals surface area contributed by atoms with E-state index in [2.05, 4.69) is 83.1 Å². The van der Waals surface area contributed by atoms with Crippen LogP contribution in [0.1, 0.15) is 51.4 Å². The number of benzene rings is 2. The third-order valence-electron chi connectivity index (χ3n) is 8.29. The van der Waals surface area contributed by atoms with E-state index in [1.165, 1.54) is 54.8 Å². The first-order valence-corrected chi connectivity index (χ1v) is 15.4. The molecule has 6 rings (SSSR count). The van der Waals surface area contributed by atoms with Crippen LogP contribution < -0.4 is 4.90 Å². The van der Waals surface area contributed by atoms with Gasteiger partial charge in [-0.25, -0.2) is 0 Å². The Hall–Kier alpha value is -0.378. The van der Waals surface area contributed by atoms with Crippen molar-refractivity contribution >= 4 is 23.8 Å². The fraction of sp³-hybridized carbons (Fsp3) is 0.571. The van der Waals surface area contributed by atoms with E-state index in [1.54, 1.807) is 51.4 Å². The van der Waals surface area contributed by atoms with E-state index >= 15 is 0 Å². The van der Waals surface area contributed by atoms with E-state index in [1.807, 2.05) is 18.2 Å². The van der Waals surface area contributed by atoms with Gasteiger partial charge in [0.15, 0.2) is 0 Å². The number of fused-ring (bicyclic) bond motifs is 4. The Labute approximate surface area is 212 Å². The molecule has 4 bridgehead atoms. The summed E-state index contributed by atoms with van der Waals surface area (Å²) in [6.45, 7) is 0. The van der Waals surface area contributed by atoms with Crippen LogP contribution in [0.5, 0.6) is 0 Å². The Balaban J connectivity index is 0.000000142. The molecule has 7 atom stereocenters. The molecule has 0 aromatic heterocycles. The second kappa shape index (κ2) is 11.8. The molecule has 2 aromatic carbocycles. The SMILES string of the molecule is C1C[C@H]2C[C@H]1CC2PC1C[C@@H]2CC[C@@H]1C2.CN(C)c1ccccc1-c1[c-]cccc1.[Cl][Pd+]. The summed E-state index contributed by atoms with van der Waals surface area (Å²) >= 11 is 2.22. The van der Waals surface area contributed by atoms with Crippen LogP contribution >= 0.6 is 18.1 Å². The number of hydrogen-bond donors (Lipinski definition) is 0. The molecule has 0 N–H and O–H groups in total. The van der Waals surface area contributed by atoms with Gasteiger partial charge in [0, 0.05) is 19.8 Å². The summed E-state index contributed by atoms with van der Waals surface area (Å²) in [6, 6.07) is 19.7. The fourth-order valence-corrected chi connectivity index (χ4v) is 9.46. The van der Waals surface area contributed by atoms with Crippen molar-refractivity contribution in [1.29, 1.82) is 0 Å². The molecular weight excluding hydrogens is 523 g/mol. The van der Waals surface area contributed by atoms with Crippen molar-refractivity contribution < 1.29 is 18.2 Å². The molecule has 0 saturated heterocycles. The van der Waals surface area contributed by atoms with Crippen LogP contribution in [0.2, 0.25) is 0 Å². The monoisotopic (exact) mass is 559 g/mol. The molecule has 4 fully saturated rings. The maximum atomic E-state index is 4.49. The van der Waals surface area contributed by atoms with Gasteiger partial charge in [-0.1, -0.05) is 36.6 Å². The quantitative estimate of drug-likeness (QED) is 0.209. The average molecular weight is 560 g/mol. The standard InChI is InChI=1S/C14H14N.C14H23P.ClH.Pd/c1-15(2)14-11-7-6-10-13(14)12-8-4-3-5-9-12;1-3-11-5-9(1)7-13(11)15-14-8-10-2-4-12(14)6-10;;/h3-8,10-11H,1-2H3;9-15H,1-8H2;1H;/q-1;;;+2/p-1/t;9-,10+,11-,12+,13?,14?;;. The van der Waals surface area contributed by atoms with Gasteiger partial charge in [-0.3, -0.25) is 0 Å². The van der Waals surface area contributed by atoms with Gasteiger partial charge >= 0.3 is 27.7 Å². The zero-order valence-corrected chi connectivity index (χ0v) is 22.7. The zero-order valence-electron chi connectivity index (χ0n) is 19.4. The van der Waals surface area contributed by atoms with Gasteiger partial charge in [-0.2, -0.15) is 0 Å². The number of hydrogen-bond acceptors (Lipinski definition) is 1. The normalized spacial score (nSPS) is 31.9. The summed E-state index contributed by atoms with van der Waals surface area (Å²) in [5.41, 5.74) is 5.99. The summed E-state index contributed by atoms with van der Waals surface area (Å²) in [4.78, 5) is 2.12. The zero-order chi connectivity index (χ0) is 22.5. The number of rotatable bonds is 4. The molecule has 0 spiro atoms. The molecule has 0 amide bonds. The van der Waals surface area contributed by atoms with E-state index in [0.717, 1.165) is 5.56 Å². The predicted molar refractivity (Wildman–Crippen MR) is 138 cm³/mol. The first-order valence-electron chi connectivity index (χ1n) is 12.3. The Morgan fingerprint density at radius 1 is 0.812 bits per heavy atom. The summed E-state index contributed by atoms with van der Waals surface area (Å²) in [5.74, 6) is 4.72. The van der Waals surface area contributed by atoms with E-state index in [0.29, 0.717) is 0 Å². The van der Waals surface area contributed by atoms with Crippen LogP contribution in [0.15, 0.2) is 48.5 Å². The molecule has 4 heteroatoms. The van der Waals surface area contributed by atoms with Crippen molar-refractivity contribution in [2.24, 2.45) is 23.7 Å². The second-order valence-corrected chi connectivity index (χ2v) is 12.2. The number of para-hydroxylation sites is 1. The Bertz CT molecular complexity index is 818. The molecule has 32 heavy (non-hydrogen) atoms. The van der Waals surface area contributed by atoms with Crippen LogP contribution in [0.4, 0.5) is 5.69 Å². The van der Waals surface area contributed by atoms with E-state index in [4.69, 9.17) is 0 Å². The molecule has 0 aliphatic heterocycles. The van der Waals surface area contributed by atoms with Crippen LogP contribution in [-0.4, -0.2) is 25.4 Å². The molecule has 4 aliphatic carbocycles. The van der Waals surface area contributed by atoms with Crippen molar-refractivity contribution in [2.75, 3.05) is 19.0 Å². The molecule has 0 heterocycles. The first kappa shape index (κ1) is 24.7. The number of anilines is 1. The molecule has 2 aromatic rings. The molecule has 1 nitrogen and oxygen atoms in total. The fourth-order valence-electron chi connectivity index (χ4n) is 6.82. The Kier molecular flexibility index (Phi) is 9.16. The summed E-state index contributed by atoms with van der Waals surface area (Å²) in [5, 5.41) is 0. The van der Waals surface area contributed by atoms with Crippen LogP contribution in [0.3, 0.4) is 0 Å². The van der Waals surface area contributed by atoms with E-state index < -0.39 is 0 Å². The van der Waals surface area contributed by atoms with Crippen LogP contribution in [-0.2, 0) is 18.2 Å². The summed E-state index contributed by atoms with van der Waals surface area (Å²) in [7, 11) is 9.98. The van der Waals surface area contributed by atoms with Gasteiger partial charge in [-0.05, 0) is 79.6 Å². The second-order valence-electron chi connectivity index (χ2n) is 10.4.